The van der Waals surface area contributed by atoms with E-state index < -0.39 is 21.7 Å². The van der Waals surface area contributed by atoms with Crippen molar-refractivity contribution in [3.63, 3.8) is 0 Å². The van der Waals surface area contributed by atoms with Gasteiger partial charge in [0.05, 0.1) is 24.0 Å². The second kappa shape index (κ2) is 6.75. The molecular formula is C19H17FN4O3S. The fraction of sp³-hybridized carbons (Fsp3) is 0.158. The predicted octanol–water partition coefficient (Wildman–Crippen LogP) is 2.59. The highest BCUT2D eigenvalue weighted by atomic mass is 32.2. The van der Waals surface area contributed by atoms with Crippen LogP contribution in [0.1, 0.15) is 15.9 Å². The Bertz CT molecular complexity index is 1160. The number of aromatic nitrogens is 2. The molecule has 0 fully saturated rings. The van der Waals surface area contributed by atoms with Crippen molar-refractivity contribution in [2.45, 2.75) is 6.42 Å². The number of halogens is 1. The average Bonchev–Trinajstić information content (AvgIpc) is 3.30. The molecule has 28 heavy (non-hydrogen) atoms. The van der Waals surface area contributed by atoms with Crippen LogP contribution in [0.2, 0.25) is 0 Å². The number of imidazole rings is 1. The number of carbonyl (C=O) groups excluding carboxylic acids is 1. The van der Waals surface area contributed by atoms with E-state index in [0.29, 0.717) is 35.6 Å². The second-order valence-electron chi connectivity index (χ2n) is 6.52. The first-order valence-electron chi connectivity index (χ1n) is 8.53. The van der Waals surface area contributed by atoms with E-state index in [0.717, 1.165) is 11.8 Å². The van der Waals surface area contributed by atoms with Crippen LogP contribution >= 0.6 is 0 Å². The number of anilines is 2. The molecule has 0 saturated heterocycles. The Hall–Kier alpha value is -3.20. The Morgan fingerprint density at radius 2 is 1.96 bits per heavy atom. The molecule has 7 nitrogen and oxygen atoms in total. The predicted molar refractivity (Wildman–Crippen MR) is 104 cm³/mol. The van der Waals surface area contributed by atoms with Gasteiger partial charge in [0.2, 0.25) is 10.0 Å². The molecule has 0 unspecified atom stereocenters. The molecule has 1 aromatic heterocycles. The molecule has 0 radical (unpaired) electrons. The lowest BCUT2D eigenvalue weighted by Gasteiger charge is -2.16. The van der Waals surface area contributed by atoms with Gasteiger partial charge in [-0.1, -0.05) is 0 Å². The van der Waals surface area contributed by atoms with E-state index in [1.807, 2.05) is 0 Å². The number of rotatable bonds is 4. The van der Waals surface area contributed by atoms with Crippen molar-refractivity contribution in [2.24, 2.45) is 0 Å². The summed E-state index contributed by atoms with van der Waals surface area (Å²) in [7, 11) is -3.34. The van der Waals surface area contributed by atoms with Gasteiger partial charge in [0.1, 0.15) is 5.82 Å². The van der Waals surface area contributed by atoms with Gasteiger partial charge in [-0.05, 0) is 48.4 Å². The summed E-state index contributed by atoms with van der Waals surface area (Å²) in [6, 6.07) is 9.27. The number of hydrogen-bond acceptors (Lipinski definition) is 4. The molecule has 2 heterocycles. The maximum atomic E-state index is 14.3. The van der Waals surface area contributed by atoms with Crippen molar-refractivity contribution in [1.82, 2.24) is 9.55 Å². The Kier molecular flexibility index (Phi) is 4.38. The number of benzene rings is 2. The molecule has 2 aromatic carbocycles. The first-order chi connectivity index (χ1) is 13.3. The van der Waals surface area contributed by atoms with Crippen molar-refractivity contribution >= 4 is 27.3 Å². The minimum Gasteiger partial charge on any atom is -0.322 e. The summed E-state index contributed by atoms with van der Waals surface area (Å²) in [5.74, 6) is -0.885. The maximum Gasteiger partial charge on any atom is 0.255 e. The Morgan fingerprint density at radius 3 is 2.64 bits per heavy atom. The highest BCUT2D eigenvalue weighted by Crippen LogP contribution is 2.31. The van der Waals surface area contributed by atoms with Gasteiger partial charge in [0.15, 0.2) is 0 Å². The highest BCUT2D eigenvalue weighted by molar-refractivity contribution is 7.92. The third-order valence-electron chi connectivity index (χ3n) is 4.58. The fourth-order valence-electron chi connectivity index (χ4n) is 3.26. The molecule has 9 heteroatoms. The molecule has 144 valence electrons. The van der Waals surface area contributed by atoms with E-state index in [1.54, 1.807) is 42.7 Å². The molecule has 1 N–H and O–H groups in total. The van der Waals surface area contributed by atoms with Gasteiger partial charge in [-0.25, -0.2) is 17.8 Å². The Labute approximate surface area is 161 Å². The smallest absolute Gasteiger partial charge is 0.255 e. The average molecular weight is 400 g/mol. The zero-order valence-electron chi connectivity index (χ0n) is 15.0. The van der Waals surface area contributed by atoms with Crippen LogP contribution in [0.25, 0.3) is 5.69 Å². The van der Waals surface area contributed by atoms with Gasteiger partial charge in [-0.2, -0.15) is 0 Å². The van der Waals surface area contributed by atoms with Crippen LogP contribution in [-0.2, 0) is 16.4 Å². The molecule has 3 aromatic rings. The number of nitrogens with zero attached hydrogens (tertiary/aromatic N) is 3. The van der Waals surface area contributed by atoms with Crippen LogP contribution in [-0.4, -0.2) is 36.7 Å². The van der Waals surface area contributed by atoms with Crippen molar-refractivity contribution in [3.05, 3.63) is 72.1 Å². The fourth-order valence-corrected chi connectivity index (χ4v) is 4.21. The summed E-state index contributed by atoms with van der Waals surface area (Å²) in [5.41, 5.74) is 2.42. The van der Waals surface area contributed by atoms with E-state index in [9.17, 15) is 17.6 Å². The lowest BCUT2D eigenvalue weighted by Crippen LogP contribution is -2.27. The van der Waals surface area contributed by atoms with Crippen molar-refractivity contribution in [1.29, 1.82) is 0 Å². The molecular weight excluding hydrogens is 383 g/mol. The van der Waals surface area contributed by atoms with Crippen LogP contribution in [0, 0.1) is 5.82 Å². The van der Waals surface area contributed by atoms with Crippen LogP contribution < -0.4 is 9.62 Å². The first-order valence-corrected chi connectivity index (χ1v) is 10.4. The van der Waals surface area contributed by atoms with Gasteiger partial charge >= 0.3 is 0 Å². The van der Waals surface area contributed by atoms with Crippen LogP contribution in [0.15, 0.2) is 55.1 Å². The minimum absolute atomic E-state index is 0.324. The molecule has 1 amide bonds. The second-order valence-corrected chi connectivity index (χ2v) is 8.43. The zero-order chi connectivity index (χ0) is 19.9. The monoisotopic (exact) mass is 400 g/mol. The van der Waals surface area contributed by atoms with E-state index in [1.165, 1.54) is 21.3 Å². The number of amides is 1. The van der Waals surface area contributed by atoms with Gasteiger partial charge < -0.3 is 9.88 Å². The van der Waals surface area contributed by atoms with Gasteiger partial charge in [0, 0.05) is 30.2 Å². The zero-order valence-corrected chi connectivity index (χ0v) is 15.8. The first kappa shape index (κ1) is 18.2. The molecule has 0 aliphatic carbocycles. The van der Waals surface area contributed by atoms with E-state index in [4.69, 9.17) is 0 Å². The van der Waals surface area contributed by atoms with Crippen LogP contribution in [0.3, 0.4) is 0 Å². The van der Waals surface area contributed by atoms with Gasteiger partial charge in [-0.15, -0.1) is 0 Å². The molecule has 4 rings (SSSR count). The van der Waals surface area contributed by atoms with E-state index in [2.05, 4.69) is 10.3 Å². The third kappa shape index (κ3) is 3.36. The largest absolute Gasteiger partial charge is 0.322 e. The number of nitrogens with one attached hydrogen (secondary N) is 1. The normalized spacial score (nSPS) is 13.4. The lowest BCUT2D eigenvalue weighted by atomic mass is 10.1. The number of fused-ring (bicyclic) bond motifs is 1. The topological polar surface area (TPSA) is 84.3 Å². The highest BCUT2D eigenvalue weighted by Gasteiger charge is 2.26. The number of carbonyl (C=O) groups is 1. The summed E-state index contributed by atoms with van der Waals surface area (Å²) < 4.78 is 40.8. The summed E-state index contributed by atoms with van der Waals surface area (Å²) in [6.45, 7) is 0.361. The number of hydrogen-bond donors (Lipinski definition) is 1. The SMILES string of the molecule is CS(=O)(=O)N1CCc2cc(C(=O)Nc3ccc(-n4ccnc4)c(F)c3)ccc21. The van der Waals surface area contributed by atoms with E-state index >= 15 is 0 Å². The summed E-state index contributed by atoms with van der Waals surface area (Å²) >= 11 is 0. The minimum atomic E-state index is -3.34. The third-order valence-corrected chi connectivity index (χ3v) is 5.76. The molecule has 0 bridgehead atoms. The summed E-state index contributed by atoms with van der Waals surface area (Å²) in [5, 5.41) is 2.67. The summed E-state index contributed by atoms with van der Waals surface area (Å²) in [4.78, 5) is 16.4. The molecule has 0 spiro atoms. The van der Waals surface area contributed by atoms with Crippen molar-refractivity contribution in [2.75, 3.05) is 22.4 Å². The summed E-state index contributed by atoms with van der Waals surface area (Å²) in [6.07, 6.45) is 6.36. The maximum absolute atomic E-state index is 14.3. The van der Waals surface area contributed by atoms with Crippen molar-refractivity contribution < 1.29 is 17.6 Å². The number of sulfonamides is 1. The molecule has 1 aliphatic heterocycles. The van der Waals surface area contributed by atoms with Crippen LogP contribution in [0.5, 0.6) is 0 Å². The Morgan fingerprint density at radius 1 is 1.18 bits per heavy atom. The van der Waals surface area contributed by atoms with Gasteiger partial charge in [0.25, 0.3) is 5.91 Å². The quantitative estimate of drug-likeness (QED) is 0.730. The molecule has 0 saturated carbocycles. The van der Waals surface area contributed by atoms with E-state index in [-0.39, 0.29) is 0 Å². The molecule has 0 atom stereocenters. The lowest BCUT2D eigenvalue weighted by molar-refractivity contribution is 0.102. The standard InChI is InChI=1S/C19H17FN4O3S/c1-28(26,27)24-8-6-13-10-14(2-4-17(13)24)19(25)22-15-3-5-18(16(20)11-15)23-9-7-21-12-23/h2-5,7,9-12H,6,8H2,1H3,(H,22,25). The molecule has 1 aliphatic rings. The van der Waals surface area contributed by atoms with Crippen LogP contribution in [0.4, 0.5) is 15.8 Å². The van der Waals surface area contributed by atoms with Gasteiger partial charge in [-0.3, -0.25) is 9.10 Å². The van der Waals surface area contributed by atoms with Crippen molar-refractivity contribution in [3.8, 4) is 5.69 Å². The Balaban J connectivity index is 1.54.